The largest absolute Gasteiger partial charge is 0.326 e. The van der Waals surface area contributed by atoms with Gasteiger partial charge in [0.05, 0.1) is 5.25 Å². The molecular weight excluding hydrogens is 338 g/mol. The summed E-state index contributed by atoms with van der Waals surface area (Å²) in [6.45, 7) is 3.23. The van der Waals surface area contributed by atoms with Crippen molar-refractivity contribution < 1.29 is 22.0 Å². The summed E-state index contributed by atoms with van der Waals surface area (Å²) in [6.07, 6.45) is 2.23. The minimum atomic E-state index is -3.32. The third-order valence-corrected chi connectivity index (χ3v) is 6.14. The fourth-order valence-corrected chi connectivity index (χ4v) is 3.63. The van der Waals surface area contributed by atoms with Crippen molar-refractivity contribution in [3.63, 3.8) is 0 Å². The molecule has 0 aliphatic heterocycles. The molecule has 8 heteroatoms. The van der Waals surface area contributed by atoms with E-state index in [2.05, 4.69) is 10.0 Å². The maximum absolute atomic E-state index is 13.2. The van der Waals surface area contributed by atoms with E-state index in [0.717, 1.165) is 12.1 Å². The van der Waals surface area contributed by atoms with Gasteiger partial charge in [-0.1, -0.05) is 0 Å². The molecule has 0 radical (unpaired) electrons. The Balaban J connectivity index is 1.87. The van der Waals surface area contributed by atoms with E-state index < -0.39 is 26.9 Å². The smallest absolute Gasteiger partial charge is 0.227 e. The molecule has 1 amide bonds. The molecule has 0 atom stereocenters. The SMILES string of the molecule is CC(C)S(=O)(=O)NC1CCC(C(=O)Nc2ccc(F)c(F)c2)CC1. The van der Waals surface area contributed by atoms with Crippen LogP contribution in [0.3, 0.4) is 0 Å². The normalized spacial score (nSPS) is 21.7. The zero-order chi connectivity index (χ0) is 17.9. The van der Waals surface area contributed by atoms with Gasteiger partial charge in [-0.2, -0.15) is 0 Å². The van der Waals surface area contributed by atoms with Gasteiger partial charge in [-0.05, 0) is 51.7 Å². The van der Waals surface area contributed by atoms with Crippen molar-refractivity contribution in [2.45, 2.75) is 50.8 Å². The lowest BCUT2D eigenvalue weighted by atomic mass is 9.86. The highest BCUT2D eigenvalue weighted by molar-refractivity contribution is 7.90. The maximum atomic E-state index is 13.2. The summed E-state index contributed by atoms with van der Waals surface area (Å²) in [4.78, 5) is 12.2. The number of sulfonamides is 1. The quantitative estimate of drug-likeness (QED) is 0.848. The Hall–Kier alpha value is -1.54. The Morgan fingerprint density at radius 2 is 1.75 bits per heavy atom. The van der Waals surface area contributed by atoms with Gasteiger partial charge in [0.25, 0.3) is 0 Å². The van der Waals surface area contributed by atoms with Crippen molar-refractivity contribution in [2.75, 3.05) is 5.32 Å². The van der Waals surface area contributed by atoms with Crippen LogP contribution in [0, 0.1) is 17.6 Å². The molecule has 5 nitrogen and oxygen atoms in total. The van der Waals surface area contributed by atoms with Gasteiger partial charge >= 0.3 is 0 Å². The summed E-state index contributed by atoms with van der Waals surface area (Å²) >= 11 is 0. The van der Waals surface area contributed by atoms with Gasteiger partial charge in [-0.3, -0.25) is 4.79 Å². The van der Waals surface area contributed by atoms with Crippen molar-refractivity contribution >= 4 is 21.6 Å². The molecule has 0 unspecified atom stereocenters. The average Bonchev–Trinajstić information content (AvgIpc) is 2.51. The number of anilines is 1. The molecule has 1 aliphatic rings. The lowest BCUT2D eigenvalue weighted by Crippen LogP contribution is -2.42. The Morgan fingerprint density at radius 3 is 2.29 bits per heavy atom. The molecule has 24 heavy (non-hydrogen) atoms. The molecule has 0 bridgehead atoms. The van der Waals surface area contributed by atoms with E-state index in [1.165, 1.54) is 6.07 Å². The van der Waals surface area contributed by atoms with Crippen LogP contribution in [-0.2, 0) is 14.8 Å². The van der Waals surface area contributed by atoms with E-state index in [4.69, 9.17) is 0 Å². The predicted octanol–water partition coefficient (Wildman–Crippen LogP) is 2.79. The van der Waals surface area contributed by atoms with Gasteiger partial charge in [0, 0.05) is 23.7 Å². The Labute approximate surface area is 140 Å². The second-order valence-electron chi connectivity index (χ2n) is 6.38. The van der Waals surface area contributed by atoms with E-state index in [0.29, 0.717) is 25.7 Å². The van der Waals surface area contributed by atoms with Crippen LogP contribution in [0.4, 0.5) is 14.5 Å². The minimum Gasteiger partial charge on any atom is -0.326 e. The van der Waals surface area contributed by atoms with Crippen LogP contribution in [-0.4, -0.2) is 25.6 Å². The minimum absolute atomic E-state index is 0.162. The zero-order valence-electron chi connectivity index (χ0n) is 13.7. The molecule has 1 saturated carbocycles. The van der Waals surface area contributed by atoms with Gasteiger partial charge < -0.3 is 5.32 Å². The Kier molecular flexibility index (Phi) is 5.92. The molecule has 1 aromatic rings. The van der Waals surface area contributed by atoms with Crippen LogP contribution in [0.5, 0.6) is 0 Å². The first-order valence-electron chi connectivity index (χ1n) is 7.96. The van der Waals surface area contributed by atoms with Crippen molar-refractivity contribution in [1.82, 2.24) is 4.72 Å². The van der Waals surface area contributed by atoms with Crippen molar-refractivity contribution in [2.24, 2.45) is 5.92 Å². The van der Waals surface area contributed by atoms with E-state index in [1.807, 2.05) is 0 Å². The number of carbonyl (C=O) groups excluding carboxylic acids is 1. The summed E-state index contributed by atoms with van der Waals surface area (Å²) < 4.78 is 52.4. The van der Waals surface area contributed by atoms with Crippen LogP contribution in [0.2, 0.25) is 0 Å². The number of hydrogen-bond donors (Lipinski definition) is 2. The third-order valence-electron chi connectivity index (χ3n) is 4.24. The van der Waals surface area contributed by atoms with Crippen LogP contribution in [0.1, 0.15) is 39.5 Å². The highest BCUT2D eigenvalue weighted by Gasteiger charge is 2.29. The molecule has 134 valence electrons. The number of nitrogens with one attached hydrogen (secondary N) is 2. The third kappa shape index (κ3) is 4.73. The molecule has 0 heterocycles. The predicted molar refractivity (Wildman–Crippen MR) is 87.9 cm³/mol. The number of amides is 1. The number of rotatable bonds is 5. The molecule has 1 fully saturated rings. The maximum Gasteiger partial charge on any atom is 0.227 e. The van der Waals surface area contributed by atoms with Crippen LogP contribution >= 0.6 is 0 Å². The van der Waals surface area contributed by atoms with Crippen molar-refractivity contribution in [1.29, 1.82) is 0 Å². The number of halogens is 2. The summed E-state index contributed by atoms with van der Waals surface area (Å²) in [5.74, 6) is -2.50. The lowest BCUT2D eigenvalue weighted by molar-refractivity contribution is -0.120. The second kappa shape index (κ2) is 7.57. The highest BCUT2D eigenvalue weighted by atomic mass is 32.2. The average molecular weight is 360 g/mol. The summed E-state index contributed by atoms with van der Waals surface area (Å²) in [5.41, 5.74) is 0.210. The molecule has 1 aliphatic carbocycles. The van der Waals surface area contributed by atoms with Gasteiger partial charge in [0.15, 0.2) is 11.6 Å². The first-order chi connectivity index (χ1) is 11.2. The lowest BCUT2D eigenvalue weighted by Gasteiger charge is -2.28. The zero-order valence-corrected chi connectivity index (χ0v) is 14.5. The number of hydrogen-bond acceptors (Lipinski definition) is 3. The van der Waals surface area contributed by atoms with E-state index >= 15 is 0 Å². The van der Waals surface area contributed by atoms with Crippen molar-refractivity contribution in [3.8, 4) is 0 Å². The first kappa shape index (κ1) is 18.8. The molecule has 0 saturated heterocycles. The summed E-state index contributed by atoms with van der Waals surface area (Å²) in [7, 11) is -3.32. The fraction of sp³-hybridized carbons (Fsp3) is 0.562. The Morgan fingerprint density at radius 1 is 1.12 bits per heavy atom. The van der Waals surface area contributed by atoms with Crippen molar-refractivity contribution in [3.05, 3.63) is 29.8 Å². The highest BCUT2D eigenvalue weighted by Crippen LogP contribution is 2.26. The first-order valence-corrected chi connectivity index (χ1v) is 9.50. The topological polar surface area (TPSA) is 75.3 Å². The number of benzene rings is 1. The molecule has 2 N–H and O–H groups in total. The second-order valence-corrected chi connectivity index (χ2v) is 8.65. The summed E-state index contributed by atoms with van der Waals surface area (Å²) in [6, 6.07) is 3.04. The van der Waals surface area contributed by atoms with Gasteiger partial charge in [0.1, 0.15) is 0 Å². The van der Waals surface area contributed by atoms with E-state index in [1.54, 1.807) is 13.8 Å². The van der Waals surface area contributed by atoms with Crippen LogP contribution in [0.15, 0.2) is 18.2 Å². The molecule has 1 aromatic carbocycles. The van der Waals surface area contributed by atoms with Crippen LogP contribution in [0.25, 0.3) is 0 Å². The fourth-order valence-electron chi connectivity index (χ4n) is 2.66. The standard InChI is InChI=1S/C16H22F2N2O3S/c1-10(2)24(22,23)20-12-5-3-11(4-6-12)16(21)19-13-7-8-14(17)15(18)9-13/h7-12,20H,3-6H2,1-2H3,(H,19,21). The van der Waals surface area contributed by atoms with Crippen LogP contribution < -0.4 is 10.0 Å². The monoisotopic (exact) mass is 360 g/mol. The van der Waals surface area contributed by atoms with Gasteiger partial charge in [0.2, 0.25) is 15.9 Å². The molecule has 0 aromatic heterocycles. The molecular formula is C16H22F2N2O3S. The number of carbonyl (C=O) groups is 1. The Bertz CT molecular complexity index is 699. The van der Waals surface area contributed by atoms with Gasteiger partial charge in [-0.15, -0.1) is 0 Å². The van der Waals surface area contributed by atoms with E-state index in [-0.39, 0.29) is 23.6 Å². The van der Waals surface area contributed by atoms with Gasteiger partial charge in [-0.25, -0.2) is 21.9 Å². The molecule has 2 rings (SSSR count). The van der Waals surface area contributed by atoms with E-state index in [9.17, 15) is 22.0 Å². The molecule has 0 spiro atoms. The summed E-state index contributed by atoms with van der Waals surface area (Å²) in [5, 5.41) is 2.08.